The third kappa shape index (κ3) is 2.20. The smallest absolute Gasteiger partial charge is 0.123 e. The Morgan fingerprint density at radius 2 is 2.20 bits per heavy atom. The molecule has 15 heavy (non-hydrogen) atoms. The number of halogens is 1. The first-order valence-corrected chi connectivity index (χ1v) is 5.56. The molecular weight excluding hydrogens is 189 g/mol. The summed E-state index contributed by atoms with van der Waals surface area (Å²) in [4.78, 5) is 0. The molecule has 1 N–H and O–H groups in total. The minimum absolute atomic E-state index is 0.131. The van der Waals surface area contributed by atoms with Crippen LogP contribution < -0.4 is 5.32 Å². The second-order valence-corrected chi connectivity index (χ2v) is 5.05. The molecule has 0 radical (unpaired) electrons. The number of benzene rings is 1. The normalized spacial score (nSPS) is 25.1. The summed E-state index contributed by atoms with van der Waals surface area (Å²) in [7, 11) is 0. The van der Waals surface area contributed by atoms with Crippen LogP contribution in [-0.2, 0) is 0 Å². The van der Waals surface area contributed by atoms with Gasteiger partial charge in [0.15, 0.2) is 0 Å². The molecule has 82 valence electrons. The van der Waals surface area contributed by atoms with Crippen LogP contribution in [0.25, 0.3) is 0 Å². The van der Waals surface area contributed by atoms with Crippen LogP contribution in [0.4, 0.5) is 4.39 Å². The van der Waals surface area contributed by atoms with E-state index in [1.807, 2.05) is 6.07 Å². The molecule has 0 spiro atoms. The second kappa shape index (κ2) is 3.93. The Morgan fingerprint density at radius 1 is 1.40 bits per heavy atom. The zero-order valence-electron chi connectivity index (χ0n) is 9.39. The van der Waals surface area contributed by atoms with Crippen LogP contribution in [0.5, 0.6) is 0 Å². The van der Waals surface area contributed by atoms with E-state index in [0.29, 0.717) is 5.92 Å². The summed E-state index contributed by atoms with van der Waals surface area (Å²) in [6.45, 7) is 6.56. The van der Waals surface area contributed by atoms with Gasteiger partial charge in [0.05, 0.1) is 0 Å². The van der Waals surface area contributed by atoms with Crippen LogP contribution in [-0.4, -0.2) is 13.1 Å². The quantitative estimate of drug-likeness (QED) is 0.746. The van der Waals surface area contributed by atoms with Gasteiger partial charge in [0.25, 0.3) is 0 Å². The number of hydrogen-bond donors (Lipinski definition) is 1. The third-order valence-electron chi connectivity index (χ3n) is 3.49. The highest BCUT2D eigenvalue weighted by molar-refractivity contribution is 5.23. The van der Waals surface area contributed by atoms with Crippen molar-refractivity contribution in [2.24, 2.45) is 5.41 Å². The summed E-state index contributed by atoms with van der Waals surface area (Å²) in [6.07, 6.45) is 1.15. The van der Waals surface area contributed by atoms with Gasteiger partial charge in [-0.1, -0.05) is 26.0 Å². The maximum Gasteiger partial charge on any atom is 0.123 e. The Bertz CT molecular complexity index is 346. The molecule has 2 rings (SSSR count). The second-order valence-electron chi connectivity index (χ2n) is 5.05. The Morgan fingerprint density at radius 3 is 2.87 bits per heavy atom. The molecule has 0 saturated carbocycles. The first kappa shape index (κ1) is 10.6. The van der Waals surface area contributed by atoms with E-state index in [2.05, 4.69) is 19.2 Å². The molecule has 1 aliphatic rings. The number of hydrogen-bond acceptors (Lipinski definition) is 1. The molecule has 1 unspecified atom stereocenters. The van der Waals surface area contributed by atoms with E-state index in [9.17, 15) is 4.39 Å². The lowest BCUT2D eigenvalue weighted by Crippen LogP contribution is -2.40. The highest BCUT2D eigenvalue weighted by Gasteiger charge is 2.33. The SMILES string of the molecule is CC1(C)CCNCC1c1cccc(F)c1. The summed E-state index contributed by atoms with van der Waals surface area (Å²) in [6, 6.07) is 7.00. The predicted octanol–water partition coefficient (Wildman–Crippen LogP) is 2.93. The zero-order chi connectivity index (χ0) is 10.9. The number of piperidine rings is 1. The van der Waals surface area contributed by atoms with Gasteiger partial charge >= 0.3 is 0 Å². The van der Waals surface area contributed by atoms with Crippen LogP contribution in [0, 0.1) is 11.2 Å². The minimum Gasteiger partial charge on any atom is -0.316 e. The fourth-order valence-electron chi connectivity index (χ4n) is 2.40. The lowest BCUT2D eigenvalue weighted by atomic mass is 9.71. The highest BCUT2D eigenvalue weighted by atomic mass is 19.1. The van der Waals surface area contributed by atoms with E-state index < -0.39 is 0 Å². The lowest BCUT2D eigenvalue weighted by molar-refractivity contribution is 0.214. The predicted molar refractivity (Wildman–Crippen MR) is 60.4 cm³/mol. The molecule has 1 nitrogen and oxygen atoms in total. The fraction of sp³-hybridized carbons (Fsp3) is 0.538. The Balaban J connectivity index is 2.29. The molecule has 0 aliphatic carbocycles. The molecule has 0 amide bonds. The Labute approximate surface area is 90.7 Å². The van der Waals surface area contributed by atoms with Crippen molar-refractivity contribution in [3.8, 4) is 0 Å². The summed E-state index contributed by atoms with van der Waals surface area (Å²) < 4.78 is 13.2. The summed E-state index contributed by atoms with van der Waals surface area (Å²) in [5, 5.41) is 3.39. The third-order valence-corrected chi connectivity index (χ3v) is 3.49. The van der Waals surface area contributed by atoms with Crippen LogP contribution in [0.2, 0.25) is 0 Å². The van der Waals surface area contributed by atoms with E-state index in [1.165, 1.54) is 6.07 Å². The standard InChI is InChI=1S/C13H18FN/c1-13(2)6-7-15-9-12(13)10-4-3-5-11(14)8-10/h3-5,8,12,15H,6-7,9H2,1-2H3. The van der Waals surface area contributed by atoms with Crippen molar-refractivity contribution in [3.63, 3.8) is 0 Å². The van der Waals surface area contributed by atoms with Gasteiger partial charge in [0.2, 0.25) is 0 Å². The van der Waals surface area contributed by atoms with Crippen molar-refractivity contribution in [1.82, 2.24) is 5.32 Å². The molecule has 0 aromatic heterocycles. The summed E-state index contributed by atoms with van der Waals surface area (Å²) >= 11 is 0. The maximum absolute atomic E-state index is 13.2. The molecule has 1 fully saturated rings. The maximum atomic E-state index is 13.2. The number of rotatable bonds is 1. The van der Waals surface area contributed by atoms with Gasteiger partial charge in [-0.2, -0.15) is 0 Å². The Kier molecular flexibility index (Phi) is 2.79. The molecule has 1 aromatic rings. The molecule has 1 heterocycles. The van der Waals surface area contributed by atoms with E-state index in [1.54, 1.807) is 12.1 Å². The molecule has 1 aliphatic heterocycles. The van der Waals surface area contributed by atoms with E-state index >= 15 is 0 Å². The van der Waals surface area contributed by atoms with Gasteiger partial charge in [0.1, 0.15) is 5.82 Å². The van der Waals surface area contributed by atoms with Crippen molar-refractivity contribution in [1.29, 1.82) is 0 Å². The summed E-state index contributed by atoms with van der Waals surface area (Å²) in [5.41, 5.74) is 1.38. The topological polar surface area (TPSA) is 12.0 Å². The lowest BCUT2D eigenvalue weighted by Gasteiger charge is -2.39. The molecule has 1 atom stereocenters. The average Bonchev–Trinajstić information content (AvgIpc) is 2.17. The van der Waals surface area contributed by atoms with Crippen LogP contribution >= 0.6 is 0 Å². The van der Waals surface area contributed by atoms with Gasteiger partial charge in [-0.25, -0.2) is 4.39 Å². The zero-order valence-corrected chi connectivity index (χ0v) is 9.39. The molecule has 1 saturated heterocycles. The monoisotopic (exact) mass is 207 g/mol. The molecule has 0 bridgehead atoms. The van der Waals surface area contributed by atoms with Crippen LogP contribution in [0.15, 0.2) is 24.3 Å². The molecular formula is C13H18FN. The van der Waals surface area contributed by atoms with Crippen molar-refractivity contribution in [2.75, 3.05) is 13.1 Å². The molecule has 2 heteroatoms. The van der Waals surface area contributed by atoms with Crippen LogP contribution in [0.3, 0.4) is 0 Å². The van der Waals surface area contributed by atoms with Gasteiger partial charge in [-0.15, -0.1) is 0 Å². The Hall–Kier alpha value is -0.890. The van der Waals surface area contributed by atoms with Crippen LogP contribution in [0.1, 0.15) is 31.7 Å². The van der Waals surface area contributed by atoms with Gasteiger partial charge in [0, 0.05) is 12.5 Å². The van der Waals surface area contributed by atoms with Crippen molar-refractivity contribution in [2.45, 2.75) is 26.2 Å². The average molecular weight is 207 g/mol. The van der Waals surface area contributed by atoms with Gasteiger partial charge < -0.3 is 5.32 Å². The van der Waals surface area contributed by atoms with Gasteiger partial charge in [-0.05, 0) is 36.1 Å². The highest BCUT2D eigenvalue weighted by Crippen LogP contribution is 2.39. The fourth-order valence-corrected chi connectivity index (χ4v) is 2.40. The van der Waals surface area contributed by atoms with E-state index in [-0.39, 0.29) is 11.2 Å². The van der Waals surface area contributed by atoms with Gasteiger partial charge in [-0.3, -0.25) is 0 Å². The largest absolute Gasteiger partial charge is 0.316 e. The van der Waals surface area contributed by atoms with E-state index in [0.717, 1.165) is 25.1 Å². The number of nitrogens with one attached hydrogen (secondary N) is 1. The van der Waals surface area contributed by atoms with Crippen molar-refractivity contribution in [3.05, 3.63) is 35.6 Å². The first-order valence-electron chi connectivity index (χ1n) is 5.56. The minimum atomic E-state index is -0.131. The summed E-state index contributed by atoms with van der Waals surface area (Å²) in [5.74, 6) is 0.288. The van der Waals surface area contributed by atoms with Crippen molar-refractivity contribution >= 4 is 0 Å². The van der Waals surface area contributed by atoms with E-state index in [4.69, 9.17) is 0 Å². The van der Waals surface area contributed by atoms with Crippen molar-refractivity contribution < 1.29 is 4.39 Å². The first-order chi connectivity index (χ1) is 7.09. The molecule has 1 aromatic carbocycles.